The van der Waals surface area contributed by atoms with E-state index in [9.17, 15) is 0 Å². The highest BCUT2D eigenvalue weighted by molar-refractivity contribution is 5.56. The molecule has 0 atom stereocenters. The minimum absolute atomic E-state index is 0.868. The molecule has 0 unspecified atom stereocenters. The Hall–Kier alpha value is -1.61. The van der Waals surface area contributed by atoms with Crippen LogP contribution in [0.1, 0.15) is 18.5 Å². The molecule has 2 heterocycles. The van der Waals surface area contributed by atoms with E-state index in [0.29, 0.717) is 0 Å². The lowest BCUT2D eigenvalue weighted by molar-refractivity contribution is 0.337. The zero-order valence-electron chi connectivity index (χ0n) is 10.5. The Kier molecular flexibility index (Phi) is 3.42. The van der Waals surface area contributed by atoms with Crippen LogP contribution in [0.3, 0.4) is 0 Å². The minimum atomic E-state index is 0.868. The summed E-state index contributed by atoms with van der Waals surface area (Å²) in [6.07, 6.45) is 3.67. The highest BCUT2D eigenvalue weighted by Gasteiger charge is 2.12. The molecule has 0 amide bonds. The summed E-state index contributed by atoms with van der Waals surface area (Å²) in [5, 5.41) is 4.15. The van der Waals surface area contributed by atoms with Crippen LogP contribution in [0.25, 0.3) is 11.3 Å². The third kappa shape index (κ3) is 2.62. The van der Waals surface area contributed by atoms with Crippen LogP contribution < -0.4 is 0 Å². The van der Waals surface area contributed by atoms with Gasteiger partial charge >= 0.3 is 0 Å². The average Bonchev–Trinajstić information content (AvgIpc) is 3.09. The van der Waals surface area contributed by atoms with Gasteiger partial charge in [0.05, 0.1) is 5.69 Å². The molecule has 1 aromatic heterocycles. The molecule has 18 heavy (non-hydrogen) atoms. The van der Waals surface area contributed by atoms with Crippen LogP contribution in [0.15, 0.2) is 40.9 Å². The van der Waals surface area contributed by atoms with Gasteiger partial charge in [0.15, 0.2) is 5.76 Å². The van der Waals surface area contributed by atoms with Gasteiger partial charge in [-0.3, -0.25) is 0 Å². The summed E-state index contributed by atoms with van der Waals surface area (Å²) < 4.78 is 5.40. The maximum atomic E-state index is 5.40. The molecule has 0 N–H and O–H groups in total. The smallest absolute Gasteiger partial charge is 0.167 e. The van der Waals surface area contributed by atoms with Gasteiger partial charge in [0.25, 0.3) is 0 Å². The van der Waals surface area contributed by atoms with E-state index >= 15 is 0 Å². The third-order valence-corrected chi connectivity index (χ3v) is 3.50. The van der Waals surface area contributed by atoms with E-state index < -0.39 is 0 Å². The van der Waals surface area contributed by atoms with Gasteiger partial charge in [-0.2, -0.15) is 0 Å². The number of hydrogen-bond donors (Lipinski definition) is 0. The van der Waals surface area contributed by atoms with Crippen LogP contribution in [0.2, 0.25) is 0 Å². The summed E-state index contributed by atoms with van der Waals surface area (Å²) in [5.74, 6) is 0.868. The Balaban J connectivity index is 1.63. The van der Waals surface area contributed by atoms with Crippen molar-refractivity contribution in [3.05, 3.63) is 42.1 Å². The lowest BCUT2D eigenvalue weighted by Gasteiger charge is -2.12. The summed E-state index contributed by atoms with van der Waals surface area (Å²) in [5.41, 5.74) is 2.15. The van der Waals surface area contributed by atoms with Crippen molar-refractivity contribution >= 4 is 0 Å². The molecule has 0 aliphatic carbocycles. The molecule has 0 spiro atoms. The third-order valence-electron chi connectivity index (χ3n) is 3.50. The average molecular weight is 242 g/mol. The van der Waals surface area contributed by atoms with Gasteiger partial charge in [0.1, 0.15) is 0 Å². The number of hydrogen-bond acceptors (Lipinski definition) is 3. The van der Waals surface area contributed by atoms with E-state index in [2.05, 4.69) is 16.1 Å². The molecule has 1 aliphatic rings. The van der Waals surface area contributed by atoms with Crippen LogP contribution in [-0.2, 0) is 6.42 Å². The van der Waals surface area contributed by atoms with Crippen LogP contribution in [0.5, 0.6) is 0 Å². The van der Waals surface area contributed by atoms with Gasteiger partial charge in [0, 0.05) is 24.6 Å². The van der Waals surface area contributed by atoms with E-state index in [1.54, 1.807) is 0 Å². The van der Waals surface area contributed by atoms with Gasteiger partial charge in [-0.15, -0.1) is 0 Å². The Morgan fingerprint density at radius 1 is 1.11 bits per heavy atom. The molecule has 3 nitrogen and oxygen atoms in total. The van der Waals surface area contributed by atoms with Crippen molar-refractivity contribution in [3.63, 3.8) is 0 Å². The zero-order chi connectivity index (χ0) is 12.2. The summed E-state index contributed by atoms with van der Waals surface area (Å²) in [7, 11) is 0. The largest absolute Gasteiger partial charge is 0.356 e. The van der Waals surface area contributed by atoms with Crippen molar-refractivity contribution in [2.24, 2.45) is 0 Å². The van der Waals surface area contributed by atoms with Gasteiger partial charge < -0.3 is 9.42 Å². The maximum Gasteiger partial charge on any atom is 0.167 e. The van der Waals surface area contributed by atoms with Crippen LogP contribution in [0.4, 0.5) is 0 Å². The van der Waals surface area contributed by atoms with Crippen molar-refractivity contribution in [1.29, 1.82) is 0 Å². The molecule has 2 aromatic rings. The molecule has 94 valence electrons. The molecular formula is C15H18N2O. The number of likely N-dealkylation sites (tertiary alicyclic amines) is 1. The van der Waals surface area contributed by atoms with Crippen LogP contribution >= 0.6 is 0 Å². The molecule has 0 bridgehead atoms. The Labute approximate surface area is 107 Å². The summed E-state index contributed by atoms with van der Waals surface area (Å²) >= 11 is 0. The van der Waals surface area contributed by atoms with E-state index in [-0.39, 0.29) is 0 Å². The van der Waals surface area contributed by atoms with Crippen molar-refractivity contribution in [2.45, 2.75) is 19.3 Å². The van der Waals surface area contributed by atoms with Crippen molar-refractivity contribution in [2.75, 3.05) is 19.6 Å². The molecule has 0 saturated carbocycles. The first kappa shape index (κ1) is 11.5. The Morgan fingerprint density at radius 3 is 2.67 bits per heavy atom. The second kappa shape index (κ2) is 5.36. The molecule has 1 saturated heterocycles. The monoisotopic (exact) mass is 242 g/mol. The van der Waals surface area contributed by atoms with Crippen molar-refractivity contribution < 1.29 is 4.52 Å². The van der Waals surface area contributed by atoms with Gasteiger partial charge in [0.2, 0.25) is 0 Å². The lowest BCUT2D eigenvalue weighted by atomic mass is 10.1. The second-order valence-electron chi connectivity index (χ2n) is 4.85. The molecule has 1 aromatic carbocycles. The fraction of sp³-hybridized carbons (Fsp3) is 0.400. The minimum Gasteiger partial charge on any atom is -0.356 e. The van der Waals surface area contributed by atoms with Crippen LogP contribution in [0, 0.1) is 0 Å². The first-order chi connectivity index (χ1) is 8.92. The number of nitrogens with zero attached hydrogens (tertiary/aromatic N) is 2. The molecule has 1 aliphatic heterocycles. The molecular weight excluding hydrogens is 224 g/mol. The summed E-state index contributed by atoms with van der Waals surface area (Å²) in [4.78, 5) is 2.50. The zero-order valence-corrected chi connectivity index (χ0v) is 10.5. The van der Waals surface area contributed by atoms with Crippen LogP contribution in [-0.4, -0.2) is 29.7 Å². The number of rotatable bonds is 4. The molecule has 3 rings (SSSR count). The topological polar surface area (TPSA) is 29.3 Å². The standard InChI is InChI=1S/C15H18N2O/c1-2-6-13(7-3-1)15-12-14(16-18-15)8-11-17-9-4-5-10-17/h1-3,6-7,12H,4-5,8-11H2. The van der Waals surface area contributed by atoms with Gasteiger partial charge in [-0.05, 0) is 25.9 Å². The fourth-order valence-electron chi connectivity index (χ4n) is 2.45. The predicted molar refractivity (Wildman–Crippen MR) is 71.3 cm³/mol. The maximum absolute atomic E-state index is 5.40. The Bertz CT molecular complexity index is 486. The Morgan fingerprint density at radius 2 is 1.89 bits per heavy atom. The normalized spacial score (nSPS) is 16.2. The van der Waals surface area contributed by atoms with E-state index in [4.69, 9.17) is 4.52 Å². The van der Waals surface area contributed by atoms with Gasteiger partial charge in [-0.25, -0.2) is 0 Å². The molecule has 0 radical (unpaired) electrons. The first-order valence-electron chi connectivity index (χ1n) is 6.65. The van der Waals surface area contributed by atoms with Crippen molar-refractivity contribution in [3.8, 4) is 11.3 Å². The second-order valence-corrected chi connectivity index (χ2v) is 4.85. The summed E-state index contributed by atoms with van der Waals surface area (Å²) in [6.45, 7) is 3.58. The van der Waals surface area contributed by atoms with Gasteiger partial charge in [-0.1, -0.05) is 35.5 Å². The van der Waals surface area contributed by atoms with Crippen molar-refractivity contribution in [1.82, 2.24) is 10.1 Å². The van der Waals surface area contributed by atoms with E-state index in [0.717, 1.165) is 30.0 Å². The van der Waals surface area contributed by atoms with E-state index in [1.807, 2.05) is 30.3 Å². The summed E-state index contributed by atoms with van der Waals surface area (Å²) in [6, 6.07) is 12.2. The predicted octanol–water partition coefficient (Wildman–Crippen LogP) is 2.98. The lowest BCUT2D eigenvalue weighted by Crippen LogP contribution is -2.21. The highest BCUT2D eigenvalue weighted by atomic mass is 16.5. The molecule has 1 fully saturated rings. The highest BCUT2D eigenvalue weighted by Crippen LogP contribution is 2.20. The fourth-order valence-corrected chi connectivity index (χ4v) is 2.45. The van der Waals surface area contributed by atoms with E-state index in [1.165, 1.54) is 25.9 Å². The number of benzene rings is 1. The first-order valence-corrected chi connectivity index (χ1v) is 6.65. The quantitative estimate of drug-likeness (QED) is 0.825. The SMILES string of the molecule is c1ccc(-c2cc(CCN3CCCC3)no2)cc1. The molecule has 3 heteroatoms. The number of aromatic nitrogens is 1.